The van der Waals surface area contributed by atoms with Gasteiger partial charge in [0.05, 0.1) is 0 Å². The lowest BCUT2D eigenvalue weighted by Gasteiger charge is -2.27. The van der Waals surface area contributed by atoms with Gasteiger partial charge >= 0.3 is 0 Å². The van der Waals surface area contributed by atoms with Crippen LogP contribution < -0.4 is 5.73 Å². The molecule has 0 bridgehead atoms. The highest BCUT2D eigenvalue weighted by atomic mass is 14.7. The van der Waals surface area contributed by atoms with E-state index in [1.54, 1.807) is 0 Å². The molecule has 1 heteroatoms. The van der Waals surface area contributed by atoms with E-state index in [0.29, 0.717) is 11.5 Å². The Morgan fingerprint density at radius 2 is 1.60 bits per heavy atom. The first-order chi connectivity index (χ1) is 4.83. The van der Waals surface area contributed by atoms with Gasteiger partial charge in [-0.3, -0.25) is 0 Å². The van der Waals surface area contributed by atoms with Crippen LogP contribution in [0.15, 0.2) is 0 Å². The summed E-state index contributed by atoms with van der Waals surface area (Å²) in [5.74, 6) is 0. The first-order valence-electron chi connectivity index (χ1n) is 4.59. The first kappa shape index (κ1) is 6.66. The monoisotopic (exact) mass is 139 g/mol. The van der Waals surface area contributed by atoms with E-state index >= 15 is 0 Å². The fourth-order valence-corrected chi connectivity index (χ4v) is 2.87. The molecule has 2 saturated carbocycles. The van der Waals surface area contributed by atoms with Gasteiger partial charge in [-0.15, -0.1) is 0 Å². The lowest BCUT2D eigenvalue weighted by atomic mass is 9.81. The predicted octanol–water partition coefficient (Wildman–Crippen LogP) is 2.06. The summed E-state index contributed by atoms with van der Waals surface area (Å²) in [6, 6.07) is 0.551. The maximum atomic E-state index is 6.08. The summed E-state index contributed by atoms with van der Waals surface area (Å²) in [5, 5.41) is 0. The molecule has 0 aromatic carbocycles. The van der Waals surface area contributed by atoms with Crippen molar-refractivity contribution in [1.82, 2.24) is 0 Å². The normalized spacial score (nSPS) is 37.5. The molecule has 0 radical (unpaired) electrons. The van der Waals surface area contributed by atoms with Crippen LogP contribution in [0.4, 0.5) is 0 Å². The summed E-state index contributed by atoms with van der Waals surface area (Å²) in [5.41, 5.74) is 6.70. The van der Waals surface area contributed by atoms with Crippen LogP contribution in [0.25, 0.3) is 0 Å². The fourth-order valence-electron chi connectivity index (χ4n) is 2.87. The molecule has 2 rings (SSSR count). The van der Waals surface area contributed by atoms with Crippen LogP contribution in [-0.2, 0) is 0 Å². The smallest absolute Gasteiger partial charge is 0.00955 e. The minimum atomic E-state index is 0.551. The summed E-state index contributed by atoms with van der Waals surface area (Å²) in [6.45, 7) is 0. The van der Waals surface area contributed by atoms with E-state index in [1.165, 1.54) is 44.9 Å². The van der Waals surface area contributed by atoms with Crippen molar-refractivity contribution in [3.05, 3.63) is 0 Å². The molecule has 1 spiro atoms. The molecule has 0 saturated heterocycles. The Labute approximate surface area is 63.0 Å². The maximum absolute atomic E-state index is 6.08. The Balaban J connectivity index is 2.11. The van der Waals surface area contributed by atoms with Crippen LogP contribution in [0.3, 0.4) is 0 Å². The van der Waals surface area contributed by atoms with Crippen molar-refractivity contribution >= 4 is 0 Å². The second-order valence-electron chi connectivity index (χ2n) is 4.07. The first-order valence-corrected chi connectivity index (χ1v) is 4.59. The Morgan fingerprint density at radius 1 is 1.00 bits per heavy atom. The summed E-state index contributed by atoms with van der Waals surface area (Å²) in [4.78, 5) is 0. The molecular weight excluding hydrogens is 122 g/mol. The minimum absolute atomic E-state index is 0.551. The number of hydrogen-bond donors (Lipinski definition) is 1. The molecule has 2 N–H and O–H groups in total. The van der Waals surface area contributed by atoms with Crippen LogP contribution >= 0.6 is 0 Å². The zero-order valence-electron chi connectivity index (χ0n) is 6.60. The molecule has 0 amide bonds. The summed E-state index contributed by atoms with van der Waals surface area (Å²) in [6.07, 6.45) is 9.83. The van der Waals surface area contributed by atoms with Crippen LogP contribution in [0.1, 0.15) is 44.9 Å². The van der Waals surface area contributed by atoms with Gasteiger partial charge in [-0.1, -0.05) is 19.3 Å². The zero-order chi connectivity index (χ0) is 7.03. The molecule has 2 aliphatic rings. The van der Waals surface area contributed by atoms with Gasteiger partial charge in [0.2, 0.25) is 0 Å². The van der Waals surface area contributed by atoms with Gasteiger partial charge in [0.1, 0.15) is 0 Å². The van der Waals surface area contributed by atoms with E-state index in [4.69, 9.17) is 5.73 Å². The second kappa shape index (κ2) is 2.23. The Morgan fingerprint density at radius 3 is 2.10 bits per heavy atom. The van der Waals surface area contributed by atoms with Gasteiger partial charge in [0.15, 0.2) is 0 Å². The van der Waals surface area contributed by atoms with Gasteiger partial charge in [-0.2, -0.15) is 0 Å². The average Bonchev–Trinajstić information content (AvgIpc) is 2.48. The lowest BCUT2D eigenvalue weighted by molar-refractivity contribution is 0.269. The highest BCUT2D eigenvalue weighted by Gasteiger charge is 2.42. The molecule has 0 aromatic heterocycles. The maximum Gasteiger partial charge on any atom is 0.00955 e. The van der Waals surface area contributed by atoms with Crippen molar-refractivity contribution in [3.8, 4) is 0 Å². The number of rotatable bonds is 0. The molecular formula is C9H17N. The van der Waals surface area contributed by atoms with E-state index in [9.17, 15) is 0 Å². The molecule has 58 valence electrons. The molecule has 1 nitrogen and oxygen atoms in total. The Hall–Kier alpha value is -0.0400. The van der Waals surface area contributed by atoms with Crippen molar-refractivity contribution in [2.45, 2.75) is 51.0 Å². The fraction of sp³-hybridized carbons (Fsp3) is 1.00. The standard InChI is InChI=1S/C9H17N/c10-8-4-3-7-9(8)5-1-2-6-9/h8H,1-7,10H2. The Bertz CT molecular complexity index is 119. The van der Waals surface area contributed by atoms with Crippen molar-refractivity contribution in [1.29, 1.82) is 0 Å². The molecule has 0 aliphatic heterocycles. The van der Waals surface area contributed by atoms with Gasteiger partial charge in [0.25, 0.3) is 0 Å². The van der Waals surface area contributed by atoms with E-state index in [2.05, 4.69) is 0 Å². The quantitative estimate of drug-likeness (QED) is 0.546. The second-order valence-corrected chi connectivity index (χ2v) is 4.07. The van der Waals surface area contributed by atoms with E-state index < -0.39 is 0 Å². The number of nitrogens with two attached hydrogens (primary N) is 1. The third-order valence-electron chi connectivity index (χ3n) is 3.58. The van der Waals surface area contributed by atoms with E-state index in [1.807, 2.05) is 0 Å². The third-order valence-corrected chi connectivity index (χ3v) is 3.58. The van der Waals surface area contributed by atoms with Crippen molar-refractivity contribution < 1.29 is 0 Å². The van der Waals surface area contributed by atoms with Gasteiger partial charge in [0, 0.05) is 6.04 Å². The van der Waals surface area contributed by atoms with Crippen molar-refractivity contribution in [2.75, 3.05) is 0 Å². The van der Waals surface area contributed by atoms with Crippen LogP contribution in [0, 0.1) is 5.41 Å². The van der Waals surface area contributed by atoms with Gasteiger partial charge in [-0.25, -0.2) is 0 Å². The van der Waals surface area contributed by atoms with Gasteiger partial charge in [-0.05, 0) is 31.1 Å². The molecule has 0 heterocycles. The summed E-state index contributed by atoms with van der Waals surface area (Å²) in [7, 11) is 0. The topological polar surface area (TPSA) is 26.0 Å². The minimum Gasteiger partial charge on any atom is -0.327 e. The van der Waals surface area contributed by atoms with Gasteiger partial charge < -0.3 is 5.73 Å². The molecule has 0 aromatic rings. The zero-order valence-corrected chi connectivity index (χ0v) is 6.60. The average molecular weight is 139 g/mol. The molecule has 1 unspecified atom stereocenters. The predicted molar refractivity (Wildman–Crippen MR) is 42.7 cm³/mol. The van der Waals surface area contributed by atoms with Crippen LogP contribution in [-0.4, -0.2) is 6.04 Å². The van der Waals surface area contributed by atoms with Crippen molar-refractivity contribution in [2.24, 2.45) is 11.1 Å². The largest absolute Gasteiger partial charge is 0.327 e. The molecule has 2 fully saturated rings. The van der Waals surface area contributed by atoms with Crippen molar-refractivity contribution in [3.63, 3.8) is 0 Å². The molecule has 10 heavy (non-hydrogen) atoms. The van der Waals surface area contributed by atoms with E-state index in [-0.39, 0.29) is 0 Å². The number of hydrogen-bond acceptors (Lipinski definition) is 1. The Kier molecular flexibility index (Phi) is 1.48. The highest BCUT2D eigenvalue weighted by molar-refractivity contribution is 4.97. The SMILES string of the molecule is NC1CCCC12CCCC2. The van der Waals surface area contributed by atoms with Crippen LogP contribution in [0.5, 0.6) is 0 Å². The third kappa shape index (κ3) is 0.800. The molecule has 2 aliphatic carbocycles. The highest BCUT2D eigenvalue weighted by Crippen LogP contribution is 2.49. The summed E-state index contributed by atoms with van der Waals surface area (Å²) < 4.78 is 0. The summed E-state index contributed by atoms with van der Waals surface area (Å²) >= 11 is 0. The lowest BCUT2D eigenvalue weighted by Crippen LogP contribution is -2.34. The molecule has 1 atom stereocenters. The van der Waals surface area contributed by atoms with E-state index in [0.717, 1.165) is 0 Å². The van der Waals surface area contributed by atoms with Crippen LogP contribution in [0.2, 0.25) is 0 Å².